The van der Waals surface area contributed by atoms with Crippen molar-refractivity contribution in [3.05, 3.63) is 71.4 Å². The highest BCUT2D eigenvalue weighted by molar-refractivity contribution is 7.80. The minimum atomic E-state index is -0.261. The molecule has 4 nitrogen and oxygen atoms in total. The van der Waals surface area contributed by atoms with Gasteiger partial charge in [0, 0.05) is 24.0 Å². The Kier molecular flexibility index (Phi) is 4.94. The molecule has 27 heavy (non-hydrogen) atoms. The summed E-state index contributed by atoms with van der Waals surface area (Å²) in [7, 11) is 1.42. The van der Waals surface area contributed by atoms with Crippen LogP contribution < -0.4 is 0 Å². The van der Waals surface area contributed by atoms with Crippen LogP contribution in [-0.4, -0.2) is 40.6 Å². The Hall–Kier alpha value is -2.66. The first-order valence-corrected chi connectivity index (χ1v) is 9.60. The fourth-order valence-corrected chi connectivity index (χ4v) is 4.27. The van der Waals surface area contributed by atoms with Crippen LogP contribution in [0, 0.1) is 0 Å². The van der Waals surface area contributed by atoms with Crippen molar-refractivity contribution in [1.29, 1.82) is 0 Å². The third-order valence-electron chi connectivity index (χ3n) is 5.23. The molecular weight excluding hydrogens is 356 g/mol. The molecule has 4 rings (SSSR count). The van der Waals surface area contributed by atoms with Gasteiger partial charge in [-0.05, 0) is 30.0 Å². The number of esters is 1. The molecule has 1 aromatic heterocycles. The van der Waals surface area contributed by atoms with Crippen molar-refractivity contribution >= 4 is 34.1 Å². The molecule has 3 aromatic rings. The van der Waals surface area contributed by atoms with Crippen LogP contribution >= 0.6 is 12.2 Å². The van der Waals surface area contributed by atoms with Crippen molar-refractivity contribution in [1.82, 2.24) is 9.47 Å². The molecule has 2 aromatic carbocycles. The van der Waals surface area contributed by atoms with Gasteiger partial charge in [-0.2, -0.15) is 0 Å². The lowest BCUT2D eigenvalue weighted by Gasteiger charge is -2.31. The molecule has 0 amide bonds. The van der Waals surface area contributed by atoms with Crippen LogP contribution in [0.15, 0.2) is 54.6 Å². The van der Waals surface area contributed by atoms with Gasteiger partial charge in [0.05, 0.1) is 12.8 Å². The lowest BCUT2D eigenvalue weighted by molar-refractivity contribution is -0.141. The van der Waals surface area contributed by atoms with Gasteiger partial charge in [-0.1, -0.05) is 60.7 Å². The molecule has 2 heterocycles. The van der Waals surface area contributed by atoms with E-state index in [9.17, 15) is 4.79 Å². The minimum absolute atomic E-state index is 0.180. The maximum atomic E-state index is 12.0. The van der Waals surface area contributed by atoms with Gasteiger partial charge in [0.2, 0.25) is 0 Å². The number of aromatic nitrogens is 1. The van der Waals surface area contributed by atoms with Crippen LogP contribution in [0.2, 0.25) is 0 Å². The van der Waals surface area contributed by atoms with E-state index in [1.165, 1.54) is 23.6 Å². The summed E-state index contributed by atoms with van der Waals surface area (Å²) in [6, 6.07) is 18.7. The predicted octanol–water partition coefficient (Wildman–Crippen LogP) is 3.59. The van der Waals surface area contributed by atoms with Crippen molar-refractivity contribution in [2.24, 2.45) is 0 Å². The van der Waals surface area contributed by atoms with Crippen LogP contribution in [0.3, 0.4) is 0 Å². The normalized spacial score (nSPS) is 13.7. The summed E-state index contributed by atoms with van der Waals surface area (Å²) >= 11 is 5.87. The SMILES string of the molecule is COC(=O)Cn1c2c(c3ccccc31)CCN(CCc1ccccc1)C2=S. The lowest BCUT2D eigenvalue weighted by Crippen LogP contribution is -2.39. The first kappa shape index (κ1) is 17.7. The maximum absolute atomic E-state index is 12.0. The van der Waals surface area contributed by atoms with Crippen LogP contribution in [0.5, 0.6) is 0 Å². The first-order valence-electron chi connectivity index (χ1n) is 9.19. The molecule has 0 saturated carbocycles. The number of carbonyl (C=O) groups is 1. The second-order valence-corrected chi connectivity index (χ2v) is 7.17. The second kappa shape index (κ2) is 7.53. The zero-order chi connectivity index (χ0) is 18.8. The van der Waals surface area contributed by atoms with Crippen molar-refractivity contribution < 1.29 is 9.53 Å². The molecule has 5 heteroatoms. The Balaban J connectivity index is 1.67. The summed E-state index contributed by atoms with van der Waals surface area (Å²) in [6.07, 6.45) is 1.88. The molecule has 0 saturated heterocycles. The van der Waals surface area contributed by atoms with Crippen LogP contribution in [0.25, 0.3) is 10.9 Å². The fraction of sp³-hybridized carbons (Fsp3) is 0.273. The average Bonchev–Trinajstić information content (AvgIpc) is 3.03. The zero-order valence-electron chi connectivity index (χ0n) is 15.4. The number of benzene rings is 2. The Morgan fingerprint density at radius 1 is 1.11 bits per heavy atom. The molecule has 0 aliphatic carbocycles. The summed E-state index contributed by atoms with van der Waals surface area (Å²) in [6.45, 7) is 1.96. The summed E-state index contributed by atoms with van der Waals surface area (Å²) < 4.78 is 6.94. The van der Waals surface area contributed by atoms with Gasteiger partial charge in [0.1, 0.15) is 11.5 Å². The van der Waals surface area contributed by atoms with E-state index < -0.39 is 0 Å². The predicted molar refractivity (Wildman–Crippen MR) is 111 cm³/mol. The van der Waals surface area contributed by atoms with Gasteiger partial charge >= 0.3 is 5.97 Å². The number of rotatable bonds is 5. The molecular formula is C22H22N2O2S. The van der Waals surface area contributed by atoms with E-state index in [2.05, 4.69) is 35.2 Å². The highest BCUT2D eigenvalue weighted by atomic mass is 32.1. The topological polar surface area (TPSA) is 34.5 Å². The third kappa shape index (κ3) is 3.35. The molecule has 0 spiro atoms. The monoisotopic (exact) mass is 378 g/mol. The van der Waals surface area contributed by atoms with Crippen molar-refractivity contribution in [2.75, 3.05) is 20.2 Å². The second-order valence-electron chi connectivity index (χ2n) is 6.78. The zero-order valence-corrected chi connectivity index (χ0v) is 16.2. The Bertz CT molecular complexity index is 994. The van der Waals surface area contributed by atoms with Gasteiger partial charge < -0.3 is 14.2 Å². The molecule has 138 valence electrons. The number of methoxy groups -OCH3 is 1. The summed E-state index contributed by atoms with van der Waals surface area (Å²) in [5, 5.41) is 1.18. The largest absolute Gasteiger partial charge is 0.468 e. The van der Waals surface area contributed by atoms with E-state index in [1.807, 2.05) is 28.8 Å². The summed E-state index contributed by atoms with van der Waals surface area (Å²) in [4.78, 5) is 15.1. The molecule has 0 fully saturated rings. The van der Waals surface area contributed by atoms with Gasteiger partial charge in [-0.3, -0.25) is 4.79 Å². The highest BCUT2D eigenvalue weighted by Crippen LogP contribution is 2.31. The molecule has 1 aliphatic rings. The van der Waals surface area contributed by atoms with E-state index in [4.69, 9.17) is 17.0 Å². The first-order chi connectivity index (χ1) is 13.2. The smallest absolute Gasteiger partial charge is 0.325 e. The molecule has 0 bridgehead atoms. The van der Waals surface area contributed by atoms with Crippen molar-refractivity contribution in [3.8, 4) is 0 Å². The van der Waals surface area contributed by atoms with Gasteiger partial charge in [0.25, 0.3) is 0 Å². The Labute approximate surface area is 164 Å². The van der Waals surface area contributed by atoms with Crippen molar-refractivity contribution in [2.45, 2.75) is 19.4 Å². The van der Waals surface area contributed by atoms with E-state index in [1.54, 1.807) is 0 Å². The summed E-state index contributed by atoms with van der Waals surface area (Å²) in [5.74, 6) is -0.261. The van der Waals surface area contributed by atoms with Crippen LogP contribution in [0.4, 0.5) is 0 Å². The minimum Gasteiger partial charge on any atom is -0.468 e. The standard InChI is InChI=1S/C22H22N2O2S/c1-26-20(25)15-24-19-10-6-5-9-17(19)18-12-14-23(22(27)21(18)24)13-11-16-7-3-2-4-8-16/h2-10H,11-15H2,1H3. The van der Waals surface area contributed by atoms with Crippen molar-refractivity contribution in [3.63, 3.8) is 0 Å². The van der Waals surface area contributed by atoms with Crippen LogP contribution in [0.1, 0.15) is 16.8 Å². The molecule has 0 N–H and O–H groups in total. The summed E-state index contributed by atoms with van der Waals surface area (Å²) in [5.41, 5.74) is 4.59. The number of para-hydroxylation sites is 1. The third-order valence-corrected chi connectivity index (χ3v) is 5.68. The number of carbonyl (C=O) groups excluding carboxylic acids is 1. The van der Waals surface area contributed by atoms with E-state index >= 15 is 0 Å². The van der Waals surface area contributed by atoms with E-state index in [0.717, 1.165) is 42.1 Å². The van der Waals surface area contributed by atoms with Gasteiger partial charge in [-0.25, -0.2) is 0 Å². The maximum Gasteiger partial charge on any atom is 0.325 e. The van der Waals surface area contributed by atoms with E-state index in [-0.39, 0.29) is 12.5 Å². The van der Waals surface area contributed by atoms with E-state index in [0.29, 0.717) is 0 Å². The quantitative estimate of drug-likeness (QED) is 0.502. The van der Waals surface area contributed by atoms with Crippen LogP contribution in [-0.2, 0) is 28.9 Å². The number of fused-ring (bicyclic) bond motifs is 3. The number of nitrogens with zero attached hydrogens (tertiary/aromatic N) is 2. The Morgan fingerprint density at radius 3 is 2.63 bits per heavy atom. The van der Waals surface area contributed by atoms with Gasteiger partial charge in [0.15, 0.2) is 0 Å². The number of hydrogen-bond donors (Lipinski definition) is 0. The Morgan fingerprint density at radius 2 is 1.85 bits per heavy atom. The number of ether oxygens (including phenoxy) is 1. The molecule has 1 aliphatic heterocycles. The number of thiocarbonyl (C=S) groups is 1. The molecule has 0 unspecified atom stereocenters. The molecule has 0 atom stereocenters. The average molecular weight is 378 g/mol. The fourth-order valence-electron chi connectivity index (χ4n) is 3.85. The number of hydrogen-bond acceptors (Lipinski definition) is 3. The lowest BCUT2D eigenvalue weighted by atomic mass is 10.0. The highest BCUT2D eigenvalue weighted by Gasteiger charge is 2.28. The molecule has 0 radical (unpaired) electrons. The van der Waals surface area contributed by atoms with Gasteiger partial charge in [-0.15, -0.1) is 0 Å².